The molecule has 1 fully saturated rings. The summed E-state index contributed by atoms with van der Waals surface area (Å²) in [5.41, 5.74) is 1.93. The fourth-order valence-electron chi connectivity index (χ4n) is 1.99. The van der Waals surface area contributed by atoms with Gasteiger partial charge < -0.3 is 9.90 Å². The summed E-state index contributed by atoms with van der Waals surface area (Å²) in [6, 6.07) is 8.23. The first-order valence-corrected chi connectivity index (χ1v) is 5.88. The topological polar surface area (TPSA) is 37.3 Å². The van der Waals surface area contributed by atoms with Crippen LogP contribution in [0.2, 0.25) is 0 Å². The molecule has 0 radical (unpaired) electrons. The van der Waals surface area contributed by atoms with Crippen LogP contribution < -0.4 is 0 Å². The van der Waals surface area contributed by atoms with Gasteiger partial charge in [-0.3, -0.25) is 0 Å². The Balaban J connectivity index is 2.09. The monoisotopic (exact) mass is 218 g/mol. The number of hydrogen-bond acceptors (Lipinski definition) is 2. The van der Waals surface area contributed by atoms with Crippen molar-refractivity contribution in [1.82, 2.24) is 0 Å². The second-order valence-electron chi connectivity index (χ2n) is 4.95. The van der Waals surface area contributed by atoms with Gasteiger partial charge in [0.1, 0.15) is 6.29 Å². The van der Waals surface area contributed by atoms with Crippen LogP contribution in [0.25, 0.3) is 0 Å². The predicted molar refractivity (Wildman–Crippen MR) is 63.4 cm³/mol. The van der Waals surface area contributed by atoms with Crippen molar-refractivity contribution in [3.63, 3.8) is 0 Å². The van der Waals surface area contributed by atoms with E-state index in [4.69, 9.17) is 0 Å². The van der Waals surface area contributed by atoms with E-state index < -0.39 is 5.60 Å². The lowest BCUT2D eigenvalue weighted by Gasteiger charge is -2.12. The zero-order chi connectivity index (χ0) is 11.6. The van der Waals surface area contributed by atoms with Gasteiger partial charge in [0.2, 0.25) is 0 Å². The van der Waals surface area contributed by atoms with Crippen molar-refractivity contribution in [1.29, 1.82) is 0 Å². The van der Waals surface area contributed by atoms with Crippen LogP contribution in [0.15, 0.2) is 24.3 Å². The highest BCUT2D eigenvalue weighted by Gasteiger charge is 2.40. The standard InChI is InChI=1S/C14H18O2/c1-11(5-8-15)13-4-2-3-12(9-13)10-14(16)6-7-14/h2-4,8-9,11,16H,5-7,10H2,1H3. The molecule has 0 spiro atoms. The molecule has 1 aliphatic carbocycles. The molecule has 86 valence electrons. The molecule has 2 nitrogen and oxygen atoms in total. The van der Waals surface area contributed by atoms with Crippen molar-refractivity contribution < 1.29 is 9.90 Å². The van der Waals surface area contributed by atoms with Crippen LogP contribution in [0.4, 0.5) is 0 Å². The lowest BCUT2D eigenvalue weighted by molar-refractivity contribution is -0.108. The molecule has 1 atom stereocenters. The van der Waals surface area contributed by atoms with Crippen LogP contribution in [0.3, 0.4) is 0 Å². The van der Waals surface area contributed by atoms with Crippen molar-refractivity contribution in [3.8, 4) is 0 Å². The summed E-state index contributed by atoms with van der Waals surface area (Å²) < 4.78 is 0. The van der Waals surface area contributed by atoms with Crippen molar-refractivity contribution in [2.45, 2.75) is 44.1 Å². The second-order valence-corrected chi connectivity index (χ2v) is 4.95. The zero-order valence-corrected chi connectivity index (χ0v) is 9.65. The molecular weight excluding hydrogens is 200 g/mol. The number of aliphatic hydroxyl groups is 1. The van der Waals surface area contributed by atoms with E-state index in [0.29, 0.717) is 6.42 Å². The van der Waals surface area contributed by atoms with Crippen LogP contribution in [0.1, 0.15) is 43.2 Å². The fraction of sp³-hybridized carbons (Fsp3) is 0.500. The van der Waals surface area contributed by atoms with Gasteiger partial charge in [0, 0.05) is 12.8 Å². The van der Waals surface area contributed by atoms with Crippen LogP contribution in [-0.4, -0.2) is 17.0 Å². The highest BCUT2D eigenvalue weighted by molar-refractivity contribution is 5.51. The summed E-state index contributed by atoms with van der Waals surface area (Å²) in [5, 5.41) is 9.86. The molecule has 2 heteroatoms. The third-order valence-electron chi connectivity index (χ3n) is 3.33. The number of carbonyl (C=O) groups is 1. The molecule has 2 rings (SSSR count). The van der Waals surface area contributed by atoms with E-state index in [9.17, 15) is 9.90 Å². The SMILES string of the molecule is CC(CC=O)c1cccc(CC2(O)CC2)c1. The minimum absolute atomic E-state index is 0.270. The smallest absolute Gasteiger partial charge is 0.120 e. The third-order valence-corrected chi connectivity index (χ3v) is 3.33. The van der Waals surface area contributed by atoms with Crippen LogP contribution >= 0.6 is 0 Å². The first kappa shape index (κ1) is 11.3. The molecule has 1 N–H and O–H groups in total. The average molecular weight is 218 g/mol. The van der Waals surface area contributed by atoms with Gasteiger partial charge in [-0.1, -0.05) is 31.2 Å². The Morgan fingerprint density at radius 2 is 2.25 bits per heavy atom. The minimum Gasteiger partial charge on any atom is -0.390 e. The van der Waals surface area contributed by atoms with E-state index in [0.717, 1.165) is 25.5 Å². The van der Waals surface area contributed by atoms with Gasteiger partial charge in [0.05, 0.1) is 5.60 Å². The summed E-state index contributed by atoms with van der Waals surface area (Å²) in [7, 11) is 0. The van der Waals surface area contributed by atoms with Crippen molar-refractivity contribution in [3.05, 3.63) is 35.4 Å². The summed E-state index contributed by atoms with van der Waals surface area (Å²) in [4.78, 5) is 10.5. The molecule has 1 saturated carbocycles. The Morgan fingerprint density at radius 3 is 2.88 bits per heavy atom. The Morgan fingerprint density at radius 1 is 1.50 bits per heavy atom. The highest BCUT2D eigenvalue weighted by atomic mass is 16.3. The first-order valence-electron chi connectivity index (χ1n) is 5.88. The lowest BCUT2D eigenvalue weighted by atomic mass is 9.95. The Bertz CT molecular complexity index is 380. The van der Waals surface area contributed by atoms with Gasteiger partial charge in [-0.05, 0) is 29.9 Å². The molecule has 16 heavy (non-hydrogen) atoms. The number of carbonyl (C=O) groups excluding carboxylic acids is 1. The highest BCUT2D eigenvalue weighted by Crippen LogP contribution is 2.38. The largest absolute Gasteiger partial charge is 0.390 e. The number of benzene rings is 1. The molecule has 1 aromatic rings. The maximum Gasteiger partial charge on any atom is 0.120 e. The molecule has 1 aromatic carbocycles. The lowest BCUT2D eigenvalue weighted by Crippen LogP contribution is -2.10. The molecule has 1 unspecified atom stereocenters. The van der Waals surface area contributed by atoms with Crippen LogP contribution in [0.5, 0.6) is 0 Å². The van der Waals surface area contributed by atoms with E-state index in [-0.39, 0.29) is 5.92 Å². The van der Waals surface area contributed by atoms with Gasteiger partial charge in [-0.15, -0.1) is 0 Å². The predicted octanol–water partition coefficient (Wildman–Crippen LogP) is 2.45. The van der Waals surface area contributed by atoms with Crippen molar-refractivity contribution in [2.24, 2.45) is 0 Å². The van der Waals surface area contributed by atoms with Crippen LogP contribution in [-0.2, 0) is 11.2 Å². The molecule has 1 aliphatic rings. The fourth-order valence-corrected chi connectivity index (χ4v) is 1.99. The summed E-state index contributed by atoms with van der Waals surface area (Å²) in [6.07, 6.45) is 4.11. The van der Waals surface area contributed by atoms with Gasteiger partial charge in [0.15, 0.2) is 0 Å². The Labute approximate surface area is 96.3 Å². The van der Waals surface area contributed by atoms with Crippen LogP contribution in [0, 0.1) is 0 Å². The quantitative estimate of drug-likeness (QED) is 0.771. The van der Waals surface area contributed by atoms with Gasteiger partial charge in [-0.25, -0.2) is 0 Å². The first-order chi connectivity index (χ1) is 7.63. The molecule has 0 heterocycles. The molecule has 0 amide bonds. The van der Waals surface area contributed by atoms with Crippen molar-refractivity contribution in [2.75, 3.05) is 0 Å². The van der Waals surface area contributed by atoms with Crippen molar-refractivity contribution >= 4 is 6.29 Å². The third kappa shape index (κ3) is 2.70. The molecule has 0 bridgehead atoms. The number of hydrogen-bond donors (Lipinski definition) is 1. The average Bonchev–Trinajstić information content (AvgIpc) is 2.97. The summed E-state index contributed by atoms with van der Waals surface area (Å²) >= 11 is 0. The maximum absolute atomic E-state index is 10.5. The van der Waals surface area contributed by atoms with Gasteiger partial charge >= 0.3 is 0 Å². The number of rotatable bonds is 5. The summed E-state index contributed by atoms with van der Waals surface area (Å²) in [5.74, 6) is 0.270. The van der Waals surface area contributed by atoms with E-state index in [2.05, 4.69) is 19.1 Å². The van der Waals surface area contributed by atoms with Gasteiger partial charge in [0.25, 0.3) is 0 Å². The molecule has 0 aromatic heterocycles. The van der Waals surface area contributed by atoms with Gasteiger partial charge in [-0.2, -0.15) is 0 Å². The Hall–Kier alpha value is -1.15. The molecule has 0 aliphatic heterocycles. The summed E-state index contributed by atoms with van der Waals surface area (Å²) in [6.45, 7) is 2.05. The normalized spacial score (nSPS) is 19.1. The minimum atomic E-state index is -0.438. The maximum atomic E-state index is 10.5. The molecular formula is C14H18O2. The van der Waals surface area contributed by atoms with E-state index in [1.165, 1.54) is 11.1 Å². The van der Waals surface area contributed by atoms with E-state index in [1.54, 1.807) is 0 Å². The zero-order valence-electron chi connectivity index (χ0n) is 9.65. The second kappa shape index (κ2) is 4.38. The number of aldehydes is 1. The van der Waals surface area contributed by atoms with E-state index >= 15 is 0 Å². The Kier molecular flexibility index (Phi) is 3.10. The molecule has 0 saturated heterocycles. The van der Waals surface area contributed by atoms with E-state index in [1.807, 2.05) is 12.1 Å².